The van der Waals surface area contributed by atoms with Crippen LogP contribution in [0.2, 0.25) is 0 Å². The van der Waals surface area contributed by atoms with E-state index in [9.17, 15) is 0 Å². The van der Waals surface area contributed by atoms with Gasteiger partial charge in [-0.15, -0.1) is 0 Å². The van der Waals surface area contributed by atoms with Crippen LogP contribution in [0, 0.1) is 0 Å². The summed E-state index contributed by atoms with van der Waals surface area (Å²) in [5.41, 5.74) is 2.98. The predicted molar refractivity (Wildman–Crippen MR) is 60.1 cm³/mol. The molecule has 3 heteroatoms. The van der Waals surface area contributed by atoms with Crippen LogP contribution >= 0.6 is 0 Å². The van der Waals surface area contributed by atoms with Crippen LogP contribution in [0.25, 0.3) is 6.08 Å². The second kappa shape index (κ2) is 7.26. The topological polar surface area (TPSA) is 0 Å². The van der Waals surface area contributed by atoms with E-state index in [-0.39, 0.29) is 67.1 Å². The van der Waals surface area contributed by atoms with Gasteiger partial charge in [-0.05, 0) is 0 Å². The third-order valence-electron chi connectivity index (χ3n) is 2.91. The van der Waals surface area contributed by atoms with Crippen molar-refractivity contribution in [1.29, 1.82) is 0 Å². The van der Waals surface area contributed by atoms with Crippen LogP contribution in [0.5, 0.6) is 0 Å². The van der Waals surface area contributed by atoms with E-state index in [1.165, 1.54) is 12.0 Å². The van der Waals surface area contributed by atoms with Gasteiger partial charge in [0, 0.05) is 0 Å². The normalized spacial score (nSPS) is 18.8. The molecule has 86 valence electrons. The first-order chi connectivity index (χ1) is 7.43. The summed E-state index contributed by atoms with van der Waals surface area (Å²) in [6, 6.07) is 8.79. The van der Waals surface area contributed by atoms with Gasteiger partial charge in [-0.2, -0.15) is 0 Å². The maximum atomic E-state index is 2.39. The van der Waals surface area contributed by atoms with Gasteiger partial charge in [0.05, 0.1) is 0 Å². The molecular weight excluding hydrogens is 470 g/mol. The molecule has 0 aromatic heterocycles. The number of allylic oxidation sites excluding steroid dienone is 5. The van der Waals surface area contributed by atoms with Gasteiger partial charge < -0.3 is 48.0 Å². The fraction of sp³-hybridized carbons (Fsp3) is 0.143. The van der Waals surface area contributed by atoms with Gasteiger partial charge in [-0.3, -0.25) is 0 Å². The Kier molecular flexibility index (Phi) is 6.70. The molecule has 0 amide bonds. The van der Waals surface area contributed by atoms with Crippen molar-refractivity contribution in [3.63, 3.8) is 0 Å². The van der Waals surface area contributed by atoms with Crippen LogP contribution in [0.4, 0.5) is 0 Å². The van der Waals surface area contributed by atoms with Crippen LogP contribution in [-0.2, 0) is 19.2 Å². The number of hydrogen-bond donors (Lipinski definition) is 0. The molecule has 0 spiro atoms. The molecule has 0 nitrogen and oxygen atoms in total. The zero-order valence-corrected chi connectivity index (χ0v) is 15.1. The Morgan fingerprint density at radius 2 is 1.94 bits per heavy atom. The Balaban J connectivity index is 0.000000722. The minimum absolute atomic E-state index is 0. The van der Waals surface area contributed by atoms with Crippen LogP contribution in [0.1, 0.15) is 21.8 Å². The molecule has 0 saturated heterocycles. The molecule has 1 unspecified atom stereocenters. The van der Waals surface area contributed by atoms with Gasteiger partial charge in [0.25, 0.3) is 0 Å². The van der Waals surface area contributed by atoms with Crippen LogP contribution in [-0.4, -0.2) is 0 Å². The van der Waals surface area contributed by atoms with Crippen molar-refractivity contribution in [3.8, 4) is 0 Å². The molecule has 1 aromatic carbocycles. The largest absolute Gasteiger partial charge is 1.00 e. The Morgan fingerprint density at radius 3 is 2.71 bits per heavy atom. The molecule has 0 fully saturated rings. The summed E-state index contributed by atoms with van der Waals surface area (Å²) in [4.78, 5) is 0. The zero-order chi connectivity index (χ0) is 10.1. The van der Waals surface area contributed by atoms with Gasteiger partial charge >= 0.3 is 99.4 Å². The van der Waals surface area contributed by atoms with E-state index in [1.54, 1.807) is 9.44 Å². The van der Waals surface area contributed by atoms with Gasteiger partial charge in [0.1, 0.15) is 0 Å². The van der Waals surface area contributed by atoms with Crippen LogP contribution < -0.4 is 48.0 Å². The Morgan fingerprint density at radius 1 is 1.12 bits per heavy atom. The maximum absolute atomic E-state index is 2.39. The van der Waals surface area contributed by atoms with Crippen molar-refractivity contribution in [2.45, 2.75) is 10.6 Å². The predicted octanol–water partition coefficient (Wildman–Crippen LogP) is -2.31. The maximum Gasteiger partial charge on any atom is -1.00 e. The summed E-state index contributed by atoms with van der Waals surface area (Å²) in [5.74, 6) is 0. The van der Waals surface area contributed by atoms with Gasteiger partial charge in [0.15, 0.2) is 0 Å². The Bertz CT molecular complexity index is 475. The summed E-state index contributed by atoms with van der Waals surface area (Å²) in [5, 5.41) is 0. The fourth-order valence-corrected chi connectivity index (χ4v) is 4.38. The quantitative estimate of drug-likeness (QED) is 0.329. The summed E-state index contributed by atoms with van der Waals surface area (Å²) < 4.78 is 2.41. The van der Waals surface area contributed by atoms with E-state index < -0.39 is 0 Å². The van der Waals surface area contributed by atoms with E-state index >= 15 is 0 Å². The summed E-state index contributed by atoms with van der Waals surface area (Å²) in [6.45, 7) is 0. The SMILES string of the molecule is C1=CC[C]([Ti+2][CH]2C=Cc3ccccc32)=C1.[I-].[I-]. The van der Waals surface area contributed by atoms with E-state index in [0.717, 1.165) is 4.22 Å². The molecule has 0 saturated carbocycles. The molecule has 3 rings (SSSR count). The van der Waals surface area contributed by atoms with Crippen LogP contribution in [0.3, 0.4) is 0 Å². The summed E-state index contributed by atoms with van der Waals surface area (Å²) in [6.07, 6.45) is 12.7. The summed E-state index contributed by atoms with van der Waals surface area (Å²) in [7, 11) is 0. The molecule has 1 aromatic rings. The van der Waals surface area contributed by atoms with Gasteiger partial charge in [-0.25, -0.2) is 0 Å². The molecular formula is C14H12I2Ti. The average Bonchev–Trinajstić information content (AvgIpc) is 2.89. The molecule has 17 heavy (non-hydrogen) atoms. The Hall–Kier alpha value is 0.614. The third kappa shape index (κ3) is 3.55. The van der Waals surface area contributed by atoms with E-state index in [4.69, 9.17) is 0 Å². The Labute approximate surface area is 146 Å². The monoisotopic (exact) mass is 482 g/mol. The molecule has 0 aliphatic heterocycles. The molecule has 2 aliphatic rings. The first-order valence-electron chi connectivity index (χ1n) is 5.33. The van der Waals surface area contributed by atoms with Crippen molar-refractivity contribution in [2.24, 2.45) is 0 Å². The van der Waals surface area contributed by atoms with Crippen molar-refractivity contribution >= 4 is 6.08 Å². The minimum Gasteiger partial charge on any atom is -1.00 e. The summed E-state index contributed by atoms with van der Waals surface area (Å²) >= 11 is -0.00130. The molecule has 0 heterocycles. The number of fused-ring (bicyclic) bond motifs is 1. The molecule has 0 bridgehead atoms. The van der Waals surface area contributed by atoms with Crippen LogP contribution in [0.15, 0.2) is 52.4 Å². The molecule has 0 N–H and O–H groups in total. The van der Waals surface area contributed by atoms with Crippen molar-refractivity contribution in [3.05, 3.63) is 63.6 Å². The van der Waals surface area contributed by atoms with Gasteiger partial charge in [-0.1, -0.05) is 0 Å². The van der Waals surface area contributed by atoms with E-state index in [1.807, 2.05) is 0 Å². The molecule has 0 radical (unpaired) electrons. The van der Waals surface area contributed by atoms with E-state index in [2.05, 4.69) is 54.6 Å². The van der Waals surface area contributed by atoms with Gasteiger partial charge in [0.2, 0.25) is 0 Å². The number of rotatable bonds is 2. The molecule has 1 atom stereocenters. The van der Waals surface area contributed by atoms with Crippen molar-refractivity contribution in [2.75, 3.05) is 0 Å². The van der Waals surface area contributed by atoms with Crippen molar-refractivity contribution < 1.29 is 67.1 Å². The number of benzene rings is 1. The first-order valence-corrected chi connectivity index (χ1v) is 7.01. The second-order valence-electron chi connectivity index (χ2n) is 3.93. The minimum atomic E-state index is -0.00130. The smallest absolute Gasteiger partial charge is 1.00 e. The third-order valence-corrected chi connectivity index (χ3v) is 5.34. The average molecular weight is 482 g/mol. The standard InChI is InChI=1S/C9H7.C5H5.2HI.Ti/c1-2-5-9-7-3-6-8(9)4-1;1-2-4-5-3-1;;;/h1-7H;1-3H,4H2;2*1H;/q;;;;+2/p-2. The second-order valence-corrected chi connectivity index (χ2v) is 6.36. The fourth-order valence-electron chi connectivity index (χ4n) is 2.13. The zero-order valence-electron chi connectivity index (χ0n) is 9.24. The first kappa shape index (κ1) is 15.7. The van der Waals surface area contributed by atoms with E-state index in [0.29, 0.717) is 0 Å². The van der Waals surface area contributed by atoms with Crippen molar-refractivity contribution in [1.82, 2.24) is 0 Å². The molecule has 2 aliphatic carbocycles. The number of halogens is 2. The number of hydrogen-bond acceptors (Lipinski definition) is 0.